The number of primary amides is 1. The van der Waals surface area contributed by atoms with E-state index in [9.17, 15) is 18.0 Å². The molecule has 5 nitrogen and oxygen atoms in total. The van der Waals surface area contributed by atoms with E-state index in [2.05, 4.69) is 10.1 Å². The maximum atomic E-state index is 13.3. The topological polar surface area (TPSA) is 90.4 Å². The number of rotatable bonds is 5. The first-order chi connectivity index (χ1) is 8.63. The molecule has 0 aliphatic heterocycles. The summed E-state index contributed by atoms with van der Waals surface area (Å²) in [4.78, 5) is 11.2. The third-order valence-electron chi connectivity index (χ3n) is 2.38. The highest BCUT2D eigenvalue weighted by molar-refractivity contribution is 5.88. The number of nitrogen functional groups attached to an aromatic ring is 1. The zero-order chi connectivity index (χ0) is 14.8. The van der Waals surface area contributed by atoms with Crippen molar-refractivity contribution >= 4 is 17.3 Å². The third kappa shape index (κ3) is 3.67. The van der Waals surface area contributed by atoms with Crippen molar-refractivity contribution in [2.24, 2.45) is 5.73 Å². The van der Waals surface area contributed by atoms with Crippen molar-refractivity contribution in [3.8, 4) is 5.75 Å². The number of alkyl halides is 2. The van der Waals surface area contributed by atoms with Gasteiger partial charge in [-0.05, 0) is 13.8 Å². The Labute approximate surface area is 107 Å². The Kier molecular flexibility index (Phi) is 4.13. The molecule has 0 saturated carbocycles. The zero-order valence-electron chi connectivity index (χ0n) is 10.3. The van der Waals surface area contributed by atoms with Crippen LogP contribution in [0.15, 0.2) is 12.1 Å². The minimum absolute atomic E-state index is 0.0616. The molecule has 0 radical (unpaired) electrons. The first-order valence-electron chi connectivity index (χ1n) is 5.25. The summed E-state index contributed by atoms with van der Waals surface area (Å²) in [7, 11) is 0. The third-order valence-corrected chi connectivity index (χ3v) is 2.38. The van der Waals surface area contributed by atoms with Gasteiger partial charge in [0.25, 0.3) is 0 Å². The van der Waals surface area contributed by atoms with Crippen LogP contribution in [0.2, 0.25) is 0 Å². The highest BCUT2D eigenvalue weighted by Gasteiger charge is 2.26. The highest BCUT2D eigenvalue weighted by Crippen LogP contribution is 2.31. The molecule has 0 aromatic heterocycles. The number of anilines is 2. The van der Waals surface area contributed by atoms with Crippen molar-refractivity contribution in [1.29, 1.82) is 0 Å². The van der Waals surface area contributed by atoms with Crippen LogP contribution < -0.4 is 21.5 Å². The van der Waals surface area contributed by atoms with Crippen LogP contribution in [0.3, 0.4) is 0 Å². The van der Waals surface area contributed by atoms with E-state index in [0.29, 0.717) is 0 Å². The van der Waals surface area contributed by atoms with Crippen LogP contribution in [0.4, 0.5) is 24.5 Å². The van der Waals surface area contributed by atoms with Gasteiger partial charge in [-0.25, -0.2) is 4.39 Å². The maximum absolute atomic E-state index is 13.3. The van der Waals surface area contributed by atoms with Gasteiger partial charge >= 0.3 is 6.61 Å². The molecule has 0 aliphatic rings. The van der Waals surface area contributed by atoms with E-state index in [1.54, 1.807) is 0 Å². The number of benzene rings is 1. The molecule has 0 atom stereocenters. The zero-order valence-corrected chi connectivity index (χ0v) is 10.3. The van der Waals surface area contributed by atoms with Crippen molar-refractivity contribution in [1.82, 2.24) is 0 Å². The van der Waals surface area contributed by atoms with Crippen LogP contribution in [0.25, 0.3) is 0 Å². The maximum Gasteiger partial charge on any atom is 0.387 e. The number of nitrogens with one attached hydrogen (secondary N) is 1. The second-order valence-corrected chi connectivity index (χ2v) is 4.36. The Bertz CT molecular complexity index is 492. The standard InChI is InChI=1S/C11H14F3N3O2/c1-11(2,9(16)18)17-7-4-8(19-10(13)14)5(12)3-6(7)15/h3-4,10,17H,15H2,1-2H3,(H2,16,18). The molecule has 1 aromatic rings. The van der Waals surface area contributed by atoms with Crippen LogP contribution in [-0.4, -0.2) is 18.1 Å². The normalized spacial score (nSPS) is 11.5. The van der Waals surface area contributed by atoms with Crippen molar-refractivity contribution < 1.29 is 22.7 Å². The van der Waals surface area contributed by atoms with E-state index < -0.39 is 29.6 Å². The summed E-state index contributed by atoms with van der Waals surface area (Å²) in [5, 5.41) is 2.64. The fraction of sp³-hybridized carbons (Fsp3) is 0.364. The second-order valence-electron chi connectivity index (χ2n) is 4.36. The number of carbonyl (C=O) groups excluding carboxylic acids is 1. The summed E-state index contributed by atoms with van der Waals surface area (Å²) in [6, 6.07) is 1.76. The molecule has 106 valence electrons. The Morgan fingerprint density at radius 2 is 2.00 bits per heavy atom. The summed E-state index contributed by atoms with van der Waals surface area (Å²) in [6.07, 6.45) is 0. The van der Waals surface area contributed by atoms with Gasteiger partial charge in [-0.15, -0.1) is 0 Å². The first-order valence-corrected chi connectivity index (χ1v) is 5.25. The van der Waals surface area contributed by atoms with Gasteiger partial charge in [-0.2, -0.15) is 8.78 Å². The molecule has 1 aromatic carbocycles. The Hall–Kier alpha value is -2.12. The van der Waals surface area contributed by atoms with Crippen molar-refractivity contribution in [3.63, 3.8) is 0 Å². The van der Waals surface area contributed by atoms with Crippen LogP contribution in [0, 0.1) is 5.82 Å². The molecule has 0 saturated heterocycles. The first kappa shape index (κ1) is 14.9. The van der Waals surface area contributed by atoms with Crippen molar-refractivity contribution in [2.45, 2.75) is 26.0 Å². The smallest absolute Gasteiger partial charge is 0.387 e. The van der Waals surface area contributed by atoms with Crippen molar-refractivity contribution in [2.75, 3.05) is 11.1 Å². The van der Waals surface area contributed by atoms with Crippen LogP contribution in [-0.2, 0) is 4.79 Å². The molecule has 0 aliphatic carbocycles. The number of carbonyl (C=O) groups is 1. The van der Waals surface area contributed by atoms with Crippen LogP contribution in [0.5, 0.6) is 5.75 Å². The summed E-state index contributed by atoms with van der Waals surface area (Å²) in [6.45, 7) is -0.243. The molecule has 0 unspecified atom stereocenters. The minimum atomic E-state index is -3.17. The van der Waals surface area contributed by atoms with Crippen molar-refractivity contribution in [3.05, 3.63) is 17.9 Å². The molecule has 0 heterocycles. The number of halogens is 3. The van der Waals surface area contributed by atoms with Gasteiger partial charge in [0.2, 0.25) is 5.91 Å². The van der Waals surface area contributed by atoms with Gasteiger partial charge in [0, 0.05) is 12.1 Å². The summed E-state index contributed by atoms with van der Waals surface area (Å²) in [5.41, 5.74) is 9.50. The Morgan fingerprint density at radius 1 is 1.42 bits per heavy atom. The second kappa shape index (κ2) is 5.25. The van der Waals surface area contributed by atoms with E-state index in [0.717, 1.165) is 12.1 Å². The molecule has 5 N–H and O–H groups in total. The van der Waals surface area contributed by atoms with Gasteiger partial charge in [0.05, 0.1) is 11.4 Å². The molecule has 8 heteroatoms. The van der Waals surface area contributed by atoms with Gasteiger partial charge in [0.1, 0.15) is 5.54 Å². The van der Waals surface area contributed by atoms with E-state index in [1.807, 2.05) is 0 Å². The molecule has 1 rings (SSSR count). The Morgan fingerprint density at radius 3 is 2.47 bits per heavy atom. The lowest BCUT2D eigenvalue weighted by molar-refractivity contribution is -0.121. The Balaban J connectivity index is 3.11. The van der Waals surface area contributed by atoms with Gasteiger partial charge in [0.15, 0.2) is 11.6 Å². The molecule has 0 spiro atoms. The molecule has 0 fully saturated rings. The monoisotopic (exact) mass is 277 g/mol. The van der Waals surface area contributed by atoms with Crippen LogP contribution in [0.1, 0.15) is 13.8 Å². The number of ether oxygens (including phenoxy) is 1. The van der Waals surface area contributed by atoms with E-state index in [-0.39, 0.29) is 11.4 Å². The number of amides is 1. The van der Waals surface area contributed by atoms with Gasteiger partial charge in [-0.1, -0.05) is 0 Å². The van der Waals surface area contributed by atoms with Crippen LogP contribution >= 0.6 is 0 Å². The lowest BCUT2D eigenvalue weighted by Gasteiger charge is -2.25. The summed E-state index contributed by atoms with van der Waals surface area (Å²) >= 11 is 0. The van der Waals surface area contributed by atoms with E-state index in [4.69, 9.17) is 11.5 Å². The van der Waals surface area contributed by atoms with Gasteiger partial charge in [-0.3, -0.25) is 4.79 Å². The number of hydrogen-bond donors (Lipinski definition) is 3. The van der Waals surface area contributed by atoms with Gasteiger partial charge < -0.3 is 21.5 Å². The predicted molar refractivity (Wildman–Crippen MR) is 64.3 cm³/mol. The largest absolute Gasteiger partial charge is 0.432 e. The quantitative estimate of drug-likeness (QED) is 0.714. The molecule has 1 amide bonds. The lowest BCUT2D eigenvalue weighted by Crippen LogP contribution is -2.45. The summed E-state index contributed by atoms with van der Waals surface area (Å²) in [5.74, 6) is -2.39. The average Bonchev–Trinajstić information content (AvgIpc) is 2.23. The average molecular weight is 277 g/mol. The summed E-state index contributed by atoms with van der Waals surface area (Å²) < 4.78 is 41.5. The highest BCUT2D eigenvalue weighted by atomic mass is 19.3. The molecule has 19 heavy (non-hydrogen) atoms. The fourth-order valence-corrected chi connectivity index (χ4v) is 1.26. The molecular weight excluding hydrogens is 263 g/mol. The molecule has 0 bridgehead atoms. The molecular formula is C11H14F3N3O2. The fourth-order valence-electron chi connectivity index (χ4n) is 1.26. The van der Waals surface area contributed by atoms with E-state index in [1.165, 1.54) is 13.8 Å². The minimum Gasteiger partial charge on any atom is -0.432 e. The SMILES string of the molecule is CC(C)(Nc1cc(OC(F)F)c(F)cc1N)C(N)=O. The predicted octanol–water partition coefficient (Wildman–Crippen LogP) is 1.69. The van der Waals surface area contributed by atoms with E-state index >= 15 is 0 Å². The lowest BCUT2D eigenvalue weighted by atomic mass is 10.0. The number of hydrogen-bond acceptors (Lipinski definition) is 4. The number of nitrogens with two attached hydrogens (primary N) is 2.